The molecule has 1 aromatic carbocycles. The molecule has 1 unspecified atom stereocenters. The first-order valence-electron chi connectivity index (χ1n) is 11.0. The van der Waals surface area contributed by atoms with Crippen LogP contribution in [-0.4, -0.2) is 69.8 Å². The van der Waals surface area contributed by atoms with Crippen molar-refractivity contribution in [3.05, 3.63) is 43.0 Å². The molecule has 4 heterocycles. The lowest BCUT2D eigenvalue weighted by atomic mass is 10.2. The Hall–Kier alpha value is -3.99. The Morgan fingerprint density at radius 3 is 2.65 bits per heavy atom. The van der Waals surface area contributed by atoms with Crippen molar-refractivity contribution in [1.82, 2.24) is 24.1 Å². The number of ether oxygens (including phenoxy) is 3. The molecule has 0 radical (unpaired) electrons. The maximum Gasteiger partial charge on any atom is 0.245 e. The van der Waals surface area contributed by atoms with Gasteiger partial charge < -0.3 is 34.1 Å². The first kappa shape index (κ1) is 21.8. The van der Waals surface area contributed by atoms with Crippen LogP contribution in [0.2, 0.25) is 0 Å². The molecule has 11 heteroatoms. The van der Waals surface area contributed by atoms with Crippen LogP contribution >= 0.6 is 0 Å². The molecule has 1 aliphatic heterocycles. The molecule has 0 aliphatic carbocycles. The summed E-state index contributed by atoms with van der Waals surface area (Å²) in [6.07, 6.45) is 7.35. The molecule has 0 spiro atoms. The number of aliphatic hydroxyl groups excluding tert-OH is 1. The van der Waals surface area contributed by atoms with Gasteiger partial charge in [-0.05, 0) is 25.0 Å². The van der Waals surface area contributed by atoms with E-state index in [4.69, 9.17) is 19.2 Å². The Morgan fingerprint density at radius 1 is 1.15 bits per heavy atom. The van der Waals surface area contributed by atoms with E-state index in [1.807, 2.05) is 41.2 Å². The van der Waals surface area contributed by atoms with Gasteiger partial charge in [0.2, 0.25) is 11.7 Å². The fourth-order valence-electron chi connectivity index (χ4n) is 4.29. The second-order valence-corrected chi connectivity index (χ2v) is 7.95. The van der Waals surface area contributed by atoms with Crippen molar-refractivity contribution < 1.29 is 19.3 Å². The highest BCUT2D eigenvalue weighted by Gasteiger charge is 2.27. The second kappa shape index (κ2) is 9.10. The third-order valence-electron chi connectivity index (χ3n) is 6.00. The van der Waals surface area contributed by atoms with Gasteiger partial charge in [-0.3, -0.25) is 0 Å². The van der Waals surface area contributed by atoms with Gasteiger partial charge in [0, 0.05) is 24.9 Å². The lowest BCUT2D eigenvalue weighted by molar-refractivity contribution is 0.265. The average Bonchev–Trinajstić information content (AvgIpc) is 3.63. The maximum atomic E-state index is 9.74. The van der Waals surface area contributed by atoms with Crippen LogP contribution in [0.3, 0.4) is 0 Å². The van der Waals surface area contributed by atoms with E-state index in [9.17, 15) is 5.11 Å². The van der Waals surface area contributed by atoms with Crippen molar-refractivity contribution in [1.29, 1.82) is 0 Å². The molecule has 4 aromatic rings. The smallest absolute Gasteiger partial charge is 0.245 e. The molecular formula is C23H27N7O4. The Morgan fingerprint density at radius 2 is 1.94 bits per heavy atom. The molecule has 178 valence electrons. The first-order valence-corrected chi connectivity index (χ1v) is 11.0. The maximum absolute atomic E-state index is 9.74. The minimum atomic E-state index is 0.0279. The van der Waals surface area contributed by atoms with Gasteiger partial charge in [0.25, 0.3) is 0 Å². The summed E-state index contributed by atoms with van der Waals surface area (Å²) in [7, 11) is 4.74. The zero-order valence-electron chi connectivity index (χ0n) is 19.3. The number of fused-ring (bicyclic) bond motifs is 1. The summed E-state index contributed by atoms with van der Waals surface area (Å²) in [5.41, 5.74) is 1.62. The Kier molecular flexibility index (Phi) is 5.84. The predicted molar refractivity (Wildman–Crippen MR) is 127 cm³/mol. The number of aromatic nitrogens is 5. The number of nitrogens with one attached hydrogen (secondary N) is 1. The summed E-state index contributed by atoms with van der Waals surface area (Å²) in [5.74, 6) is 3.46. The van der Waals surface area contributed by atoms with Crippen LogP contribution in [0.1, 0.15) is 12.8 Å². The van der Waals surface area contributed by atoms with Crippen LogP contribution in [0.5, 0.6) is 17.2 Å². The fraction of sp³-hybridized carbons (Fsp3) is 0.348. The zero-order chi connectivity index (χ0) is 23.7. The Labute approximate surface area is 196 Å². The van der Waals surface area contributed by atoms with Crippen LogP contribution in [0.15, 0.2) is 43.0 Å². The van der Waals surface area contributed by atoms with Crippen LogP contribution in [0.4, 0.5) is 17.6 Å². The van der Waals surface area contributed by atoms with Gasteiger partial charge >= 0.3 is 0 Å². The van der Waals surface area contributed by atoms with Crippen molar-refractivity contribution in [2.75, 3.05) is 44.7 Å². The summed E-state index contributed by atoms with van der Waals surface area (Å²) < 4.78 is 20.0. The number of hydrogen-bond donors (Lipinski definition) is 2. The summed E-state index contributed by atoms with van der Waals surface area (Å²) in [6.45, 7) is 0.891. The van der Waals surface area contributed by atoms with Gasteiger partial charge in [0.15, 0.2) is 17.3 Å². The second-order valence-electron chi connectivity index (χ2n) is 7.95. The molecule has 1 saturated heterocycles. The number of nitrogens with zero attached hydrogens (tertiary/aromatic N) is 6. The van der Waals surface area contributed by atoms with E-state index in [0.717, 1.165) is 30.6 Å². The number of aliphatic hydroxyl groups is 1. The van der Waals surface area contributed by atoms with Gasteiger partial charge in [-0.15, -0.1) is 5.10 Å². The molecule has 5 rings (SSSR count). The van der Waals surface area contributed by atoms with Crippen LogP contribution in [0, 0.1) is 0 Å². The molecule has 1 aliphatic rings. The van der Waals surface area contributed by atoms with E-state index >= 15 is 0 Å². The SMILES string of the molecule is COc1cc(-n2cnc(Nc3nc(N4CCCC4CO)nn4cccc34)c2)cc(OC)c1OC. The van der Waals surface area contributed by atoms with Crippen molar-refractivity contribution in [2.24, 2.45) is 0 Å². The lowest BCUT2D eigenvalue weighted by Crippen LogP contribution is -2.34. The molecular weight excluding hydrogens is 438 g/mol. The molecule has 1 fully saturated rings. The third kappa shape index (κ3) is 3.83. The first-order chi connectivity index (χ1) is 16.6. The third-order valence-corrected chi connectivity index (χ3v) is 6.00. The minimum absolute atomic E-state index is 0.0279. The number of hydrogen-bond acceptors (Lipinski definition) is 9. The number of anilines is 3. The van der Waals surface area contributed by atoms with Crippen LogP contribution in [0.25, 0.3) is 11.2 Å². The summed E-state index contributed by atoms with van der Waals surface area (Å²) in [5, 5.41) is 17.7. The van der Waals surface area contributed by atoms with Gasteiger partial charge in [-0.25, -0.2) is 9.50 Å². The van der Waals surface area contributed by atoms with Crippen LogP contribution in [-0.2, 0) is 0 Å². The highest BCUT2D eigenvalue weighted by molar-refractivity contribution is 5.73. The molecule has 1 atom stereocenters. The monoisotopic (exact) mass is 465 g/mol. The molecule has 11 nitrogen and oxygen atoms in total. The van der Waals surface area contributed by atoms with Gasteiger partial charge in [0.05, 0.1) is 45.9 Å². The van der Waals surface area contributed by atoms with E-state index < -0.39 is 0 Å². The van der Waals surface area contributed by atoms with Gasteiger partial charge in [-0.1, -0.05) is 0 Å². The molecule has 0 saturated carbocycles. The lowest BCUT2D eigenvalue weighted by Gasteiger charge is -2.23. The highest BCUT2D eigenvalue weighted by atomic mass is 16.5. The van der Waals surface area contributed by atoms with Crippen molar-refractivity contribution >= 4 is 23.1 Å². The quantitative estimate of drug-likeness (QED) is 0.406. The fourth-order valence-corrected chi connectivity index (χ4v) is 4.29. The number of imidazole rings is 1. The number of methoxy groups -OCH3 is 3. The highest BCUT2D eigenvalue weighted by Crippen LogP contribution is 2.39. The number of rotatable bonds is 8. The van der Waals surface area contributed by atoms with E-state index in [1.54, 1.807) is 32.2 Å². The van der Waals surface area contributed by atoms with Crippen LogP contribution < -0.4 is 24.4 Å². The van der Waals surface area contributed by atoms with Crippen molar-refractivity contribution in [3.63, 3.8) is 0 Å². The van der Waals surface area contributed by atoms with Gasteiger partial charge in [0.1, 0.15) is 17.7 Å². The normalized spacial score (nSPS) is 15.6. The van der Waals surface area contributed by atoms with E-state index in [2.05, 4.69) is 20.3 Å². The van der Waals surface area contributed by atoms with Gasteiger partial charge in [-0.2, -0.15) is 4.98 Å². The van der Waals surface area contributed by atoms with E-state index in [1.165, 1.54) is 0 Å². The summed E-state index contributed by atoms with van der Waals surface area (Å²) in [6, 6.07) is 7.59. The number of benzene rings is 1. The molecule has 34 heavy (non-hydrogen) atoms. The standard InChI is InChI=1S/C23H27N7O4/c1-32-18-10-16(11-19(33-2)21(18)34-3)28-12-20(24-14-28)25-22-17-7-5-9-30(17)27-23(26-22)29-8-4-6-15(29)13-31/h5,7,9-12,14-15,31H,4,6,8,13H2,1-3H3,(H,25,26,27). The summed E-state index contributed by atoms with van der Waals surface area (Å²) >= 11 is 0. The largest absolute Gasteiger partial charge is 0.493 e. The Bertz CT molecular complexity index is 1280. The molecule has 0 bridgehead atoms. The molecule has 2 N–H and O–H groups in total. The Balaban J connectivity index is 1.47. The minimum Gasteiger partial charge on any atom is -0.493 e. The van der Waals surface area contributed by atoms with Crippen molar-refractivity contribution in [2.45, 2.75) is 18.9 Å². The summed E-state index contributed by atoms with van der Waals surface area (Å²) in [4.78, 5) is 11.3. The molecule has 3 aromatic heterocycles. The molecule has 0 amide bonds. The zero-order valence-corrected chi connectivity index (χ0v) is 19.3. The van der Waals surface area contributed by atoms with Crippen molar-refractivity contribution in [3.8, 4) is 22.9 Å². The topological polar surface area (TPSA) is 111 Å². The average molecular weight is 466 g/mol. The predicted octanol–water partition coefficient (Wildman–Crippen LogP) is 2.65. The van der Waals surface area contributed by atoms with E-state index in [0.29, 0.717) is 34.8 Å². The van der Waals surface area contributed by atoms with E-state index in [-0.39, 0.29) is 12.6 Å².